The predicted molar refractivity (Wildman–Crippen MR) is 124 cm³/mol. The van der Waals surface area contributed by atoms with Gasteiger partial charge in [-0.3, -0.25) is 4.79 Å². The number of halogens is 1. The summed E-state index contributed by atoms with van der Waals surface area (Å²) in [6, 6.07) is 21.2. The Kier molecular flexibility index (Phi) is 6.26. The van der Waals surface area contributed by atoms with E-state index in [-0.39, 0.29) is 16.7 Å². The van der Waals surface area contributed by atoms with E-state index in [4.69, 9.17) is 16.7 Å². The van der Waals surface area contributed by atoms with Crippen LogP contribution in [0.3, 0.4) is 0 Å². The number of carbonyl (C=O) groups excluding carboxylic acids is 1. The summed E-state index contributed by atoms with van der Waals surface area (Å²) in [5.74, 6) is -0.109. The molecule has 0 bridgehead atoms. The Bertz CT molecular complexity index is 1340. The fraction of sp³-hybridized carbons (Fsp3) is 0.130. The van der Waals surface area contributed by atoms with Gasteiger partial charge in [0.15, 0.2) is 0 Å². The molecule has 3 aromatic rings. The number of rotatable bonds is 5. The van der Waals surface area contributed by atoms with Crippen LogP contribution in [0.5, 0.6) is 0 Å². The number of sulfonamides is 1. The van der Waals surface area contributed by atoms with Crippen molar-refractivity contribution in [1.29, 1.82) is 5.26 Å². The second-order valence-electron chi connectivity index (χ2n) is 7.34. The lowest BCUT2D eigenvalue weighted by atomic mass is 9.97. The van der Waals surface area contributed by atoms with Crippen molar-refractivity contribution < 1.29 is 13.2 Å². The highest BCUT2D eigenvalue weighted by Crippen LogP contribution is 2.38. The first-order valence-electron chi connectivity index (χ1n) is 9.66. The summed E-state index contributed by atoms with van der Waals surface area (Å²) in [7, 11) is -3.79. The van der Waals surface area contributed by atoms with Crippen molar-refractivity contribution in [1.82, 2.24) is 0 Å². The van der Waals surface area contributed by atoms with Crippen LogP contribution in [0.25, 0.3) is 0 Å². The molecule has 1 saturated heterocycles. The van der Waals surface area contributed by atoms with Crippen molar-refractivity contribution >= 4 is 45.0 Å². The average Bonchev–Trinajstić information content (AvgIpc) is 3.16. The van der Waals surface area contributed by atoms with Gasteiger partial charge in [-0.1, -0.05) is 41.6 Å². The zero-order valence-corrected chi connectivity index (χ0v) is 19.1. The Morgan fingerprint density at radius 3 is 2.44 bits per heavy atom. The molecule has 1 fully saturated rings. The van der Waals surface area contributed by atoms with Gasteiger partial charge < -0.3 is 4.90 Å². The van der Waals surface area contributed by atoms with E-state index in [1.807, 2.05) is 30.3 Å². The van der Waals surface area contributed by atoms with Gasteiger partial charge in [0.05, 0.1) is 15.5 Å². The molecule has 0 unspecified atom stereocenters. The maximum absolute atomic E-state index is 12.7. The van der Waals surface area contributed by atoms with Crippen molar-refractivity contribution in [3.05, 3.63) is 82.9 Å². The van der Waals surface area contributed by atoms with E-state index < -0.39 is 10.0 Å². The molecule has 0 aromatic heterocycles. The van der Waals surface area contributed by atoms with E-state index >= 15 is 0 Å². The second-order valence-corrected chi connectivity index (χ2v) is 10.4. The van der Waals surface area contributed by atoms with Crippen LogP contribution >= 0.6 is 23.4 Å². The smallest absolute Gasteiger partial charge is 0.238 e. The lowest BCUT2D eigenvalue weighted by molar-refractivity contribution is -0.117. The lowest BCUT2D eigenvalue weighted by Crippen LogP contribution is -2.24. The van der Waals surface area contributed by atoms with E-state index in [1.165, 1.54) is 23.9 Å². The van der Waals surface area contributed by atoms with Gasteiger partial charge in [-0.2, -0.15) is 5.26 Å². The molecule has 9 heteroatoms. The Hall–Kier alpha value is -2.83. The van der Waals surface area contributed by atoms with E-state index in [1.54, 1.807) is 29.2 Å². The second kappa shape index (κ2) is 8.96. The molecular weight excluding hydrogens is 466 g/mol. The molecule has 162 valence electrons. The summed E-state index contributed by atoms with van der Waals surface area (Å²) < 4.78 is 22.9. The fourth-order valence-electron chi connectivity index (χ4n) is 3.61. The number of anilines is 1. The van der Waals surface area contributed by atoms with Gasteiger partial charge in [0.25, 0.3) is 0 Å². The Balaban J connectivity index is 1.59. The number of nitrogens with two attached hydrogens (primary N) is 1. The number of nitriles is 1. The Labute approximate surface area is 195 Å². The Morgan fingerprint density at radius 2 is 1.78 bits per heavy atom. The molecule has 0 aliphatic carbocycles. The van der Waals surface area contributed by atoms with E-state index in [2.05, 4.69) is 6.07 Å². The minimum absolute atomic E-state index is 0.00206. The molecule has 1 amide bonds. The van der Waals surface area contributed by atoms with Gasteiger partial charge in [0.1, 0.15) is 6.07 Å². The maximum Gasteiger partial charge on any atom is 0.238 e. The zero-order chi connectivity index (χ0) is 22.9. The van der Waals surface area contributed by atoms with Crippen LogP contribution in [0.2, 0.25) is 5.02 Å². The average molecular weight is 484 g/mol. The number of primary sulfonamides is 1. The van der Waals surface area contributed by atoms with Crippen LogP contribution in [-0.2, 0) is 14.8 Å². The summed E-state index contributed by atoms with van der Waals surface area (Å²) in [4.78, 5) is 16.0. The van der Waals surface area contributed by atoms with Crippen LogP contribution in [0, 0.1) is 11.3 Å². The molecule has 0 spiro atoms. The van der Waals surface area contributed by atoms with E-state index in [9.17, 15) is 18.5 Å². The molecule has 4 rings (SSSR count). The molecule has 6 nitrogen and oxygen atoms in total. The molecule has 0 radical (unpaired) electrons. The van der Waals surface area contributed by atoms with Gasteiger partial charge in [0, 0.05) is 34.4 Å². The number of hydrogen-bond acceptors (Lipinski definition) is 5. The van der Waals surface area contributed by atoms with Gasteiger partial charge in [0.2, 0.25) is 15.9 Å². The first kappa shape index (κ1) is 22.4. The maximum atomic E-state index is 12.7. The van der Waals surface area contributed by atoms with Crippen molar-refractivity contribution in [2.45, 2.75) is 27.0 Å². The summed E-state index contributed by atoms with van der Waals surface area (Å²) >= 11 is 7.70. The van der Waals surface area contributed by atoms with Gasteiger partial charge in [-0.15, -0.1) is 0 Å². The third-order valence-electron chi connectivity index (χ3n) is 5.26. The number of nitrogens with zero attached hydrogens (tertiary/aromatic N) is 2. The van der Waals surface area contributed by atoms with Crippen molar-refractivity contribution in [2.24, 2.45) is 5.14 Å². The molecule has 1 aliphatic heterocycles. The first-order valence-corrected chi connectivity index (χ1v) is 12.4. The predicted octanol–water partition coefficient (Wildman–Crippen LogP) is 4.53. The van der Waals surface area contributed by atoms with Crippen molar-refractivity contribution in [2.75, 3.05) is 11.4 Å². The van der Waals surface area contributed by atoms with Crippen molar-refractivity contribution in [3.63, 3.8) is 0 Å². The molecule has 3 aromatic carbocycles. The van der Waals surface area contributed by atoms with E-state index in [0.29, 0.717) is 29.2 Å². The molecule has 32 heavy (non-hydrogen) atoms. The topological polar surface area (TPSA) is 104 Å². The summed E-state index contributed by atoms with van der Waals surface area (Å²) in [5.41, 5.74) is 2.11. The quantitative estimate of drug-likeness (QED) is 0.574. The molecule has 1 aliphatic rings. The zero-order valence-electron chi connectivity index (χ0n) is 16.7. The first-order chi connectivity index (χ1) is 15.3. The highest BCUT2D eigenvalue weighted by atomic mass is 35.5. The minimum atomic E-state index is -3.79. The van der Waals surface area contributed by atoms with Crippen molar-refractivity contribution in [3.8, 4) is 6.07 Å². The third kappa shape index (κ3) is 4.66. The van der Waals surface area contributed by atoms with Gasteiger partial charge in [-0.25, -0.2) is 13.6 Å². The van der Waals surface area contributed by atoms with Crippen LogP contribution in [-0.4, -0.2) is 20.9 Å². The van der Waals surface area contributed by atoms with Crippen LogP contribution in [0.15, 0.2) is 81.4 Å². The SMILES string of the molecule is N#Cc1ccc([C@H]2CC(=O)N(c3ccc(S(N)(=O)=O)cc3)C2)cc1Sc1ccccc1Cl. The van der Waals surface area contributed by atoms with Gasteiger partial charge in [-0.05, 0) is 54.1 Å². The lowest BCUT2D eigenvalue weighted by Gasteiger charge is -2.18. The molecule has 1 heterocycles. The summed E-state index contributed by atoms with van der Waals surface area (Å²) in [5, 5.41) is 15.3. The summed E-state index contributed by atoms with van der Waals surface area (Å²) in [6.07, 6.45) is 0.318. The highest BCUT2D eigenvalue weighted by molar-refractivity contribution is 7.99. The largest absolute Gasteiger partial charge is 0.312 e. The van der Waals surface area contributed by atoms with E-state index in [0.717, 1.165) is 15.4 Å². The normalized spacial score (nSPS) is 16.2. The minimum Gasteiger partial charge on any atom is -0.312 e. The number of benzene rings is 3. The monoisotopic (exact) mass is 483 g/mol. The molecule has 1 atom stereocenters. The number of carbonyl (C=O) groups is 1. The fourth-order valence-corrected chi connectivity index (χ4v) is 5.35. The highest BCUT2D eigenvalue weighted by Gasteiger charge is 2.32. The van der Waals surface area contributed by atoms with Gasteiger partial charge >= 0.3 is 0 Å². The Morgan fingerprint density at radius 1 is 1.06 bits per heavy atom. The summed E-state index contributed by atoms with van der Waals surface area (Å²) in [6.45, 7) is 0.454. The molecular formula is C23H18ClN3O3S2. The van der Waals surface area contributed by atoms with Crippen LogP contribution in [0.1, 0.15) is 23.5 Å². The number of hydrogen-bond donors (Lipinski definition) is 1. The standard InChI is InChI=1S/C23H18ClN3O3S2/c24-20-3-1-2-4-21(20)31-22-11-15(5-6-16(22)13-25)17-12-23(28)27(14-17)18-7-9-19(10-8-18)32(26,29)30/h1-11,17H,12,14H2,(H2,26,29,30)/t17-/m0/s1. The third-order valence-corrected chi connectivity index (χ3v) is 7.76. The number of amides is 1. The van der Waals surface area contributed by atoms with Crippen LogP contribution in [0.4, 0.5) is 5.69 Å². The molecule has 2 N–H and O–H groups in total. The van der Waals surface area contributed by atoms with Crippen LogP contribution < -0.4 is 10.0 Å². The molecule has 0 saturated carbocycles.